The first-order valence-corrected chi connectivity index (χ1v) is 5.99. The van der Waals surface area contributed by atoms with E-state index in [0.717, 1.165) is 44.2 Å². The van der Waals surface area contributed by atoms with Crippen LogP contribution < -0.4 is 10.5 Å². The summed E-state index contributed by atoms with van der Waals surface area (Å²) in [4.78, 5) is 2.35. The Morgan fingerprint density at radius 1 is 1.29 bits per heavy atom. The van der Waals surface area contributed by atoms with Crippen molar-refractivity contribution in [3.8, 4) is 5.75 Å². The fraction of sp³-hybridized carbons (Fsp3) is 0.538. The summed E-state index contributed by atoms with van der Waals surface area (Å²) in [5.74, 6) is 0.868. The van der Waals surface area contributed by atoms with Gasteiger partial charge in [-0.25, -0.2) is 0 Å². The highest BCUT2D eigenvalue weighted by atomic mass is 16.5. The largest absolute Gasteiger partial charge is 0.497 e. The zero-order valence-electron chi connectivity index (χ0n) is 10.3. The van der Waals surface area contributed by atoms with Crippen LogP contribution in [0.15, 0.2) is 24.3 Å². The summed E-state index contributed by atoms with van der Waals surface area (Å²) in [6.07, 6.45) is 0. The van der Waals surface area contributed by atoms with Crippen LogP contribution in [-0.2, 0) is 4.74 Å². The number of ether oxygens (including phenoxy) is 2. The maximum atomic E-state index is 6.19. The third-order valence-corrected chi connectivity index (χ3v) is 3.10. The van der Waals surface area contributed by atoms with Gasteiger partial charge in [0.1, 0.15) is 5.75 Å². The molecule has 1 saturated heterocycles. The van der Waals surface area contributed by atoms with Gasteiger partial charge in [0.25, 0.3) is 0 Å². The SMILES string of the molecule is COc1ccc([C@@H](N)CN2CCOCC2)cc1. The molecule has 0 amide bonds. The molecule has 1 aromatic carbocycles. The Kier molecular flexibility index (Phi) is 4.36. The third-order valence-electron chi connectivity index (χ3n) is 3.10. The normalized spacial score (nSPS) is 18.9. The van der Waals surface area contributed by atoms with Crippen molar-refractivity contribution < 1.29 is 9.47 Å². The highest BCUT2D eigenvalue weighted by Crippen LogP contribution is 2.17. The Morgan fingerprint density at radius 3 is 2.53 bits per heavy atom. The first-order chi connectivity index (χ1) is 8.29. The lowest BCUT2D eigenvalue weighted by molar-refractivity contribution is 0.0352. The minimum atomic E-state index is 0.0546. The van der Waals surface area contributed by atoms with Gasteiger partial charge in [-0.2, -0.15) is 0 Å². The van der Waals surface area contributed by atoms with E-state index in [-0.39, 0.29) is 6.04 Å². The molecule has 0 bridgehead atoms. The second-order valence-corrected chi connectivity index (χ2v) is 4.29. The fourth-order valence-corrected chi connectivity index (χ4v) is 2.02. The average Bonchev–Trinajstić information content (AvgIpc) is 2.40. The van der Waals surface area contributed by atoms with Gasteiger partial charge in [0.15, 0.2) is 0 Å². The fourth-order valence-electron chi connectivity index (χ4n) is 2.02. The Morgan fingerprint density at radius 2 is 1.94 bits per heavy atom. The summed E-state index contributed by atoms with van der Waals surface area (Å²) in [7, 11) is 1.67. The molecule has 4 nitrogen and oxygen atoms in total. The molecule has 17 heavy (non-hydrogen) atoms. The van der Waals surface area contributed by atoms with Gasteiger partial charge in [-0.15, -0.1) is 0 Å². The molecule has 0 radical (unpaired) electrons. The molecule has 2 N–H and O–H groups in total. The van der Waals surface area contributed by atoms with Crippen molar-refractivity contribution >= 4 is 0 Å². The molecule has 2 rings (SSSR count). The number of hydrogen-bond acceptors (Lipinski definition) is 4. The molecular formula is C13H20N2O2. The molecule has 1 atom stereocenters. The van der Waals surface area contributed by atoms with E-state index < -0.39 is 0 Å². The number of nitrogens with zero attached hydrogens (tertiary/aromatic N) is 1. The molecule has 94 valence electrons. The van der Waals surface area contributed by atoms with Gasteiger partial charge in [-0.1, -0.05) is 12.1 Å². The number of hydrogen-bond donors (Lipinski definition) is 1. The Labute approximate surface area is 102 Å². The molecule has 1 aromatic rings. The highest BCUT2D eigenvalue weighted by molar-refractivity contribution is 5.29. The van der Waals surface area contributed by atoms with Crippen molar-refractivity contribution in [1.29, 1.82) is 0 Å². The van der Waals surface area contributed by atoms with Gasteiger partial charge in [-0.05, 0) is 17.7 Å². The average molecular weight is 236 g/mol. The molecule has 1 aliphatic rings. The van der Waals surface area contributed by atoms with E-state index in [9.17, 15) is 0 Å². The van der Waals surface area contributed by atoms with Crippen LogP contribution in [-0.4, -0.2) is 44.9 Å². The standard InChI is InChI=1S/C13H20N2O2/c1-16-12-4-2-11(3-5-12)13(14)10-15-6-8-17-9-7-15/h2-5,13H,6-10,14H2,1H3/t13-/m0/s1. The van der Waals surface area contributed by atoms with Gasteiger partial charge in [0.05, 0.1) is 20.3 Å². The molecule has 0 spiro atoms. The second-order valence-electron chi connectivity index (χ2n) is 4.29. The van der Waals surface area contributed by atoms with E-state index in [4.69, 9.17) is 15.2 Å². The van der Waals surface area contributed by atoms with Gasteiger partial charge in [-0.3, -0.25) is 4.90 Å². The predicted octanol–water partition coefficient (Wildman–Crippen LogP) is 1.03. The van der Waals surface area contributed by atoms with Crippen LogP contribution >= 0.6 is 0 Å². The quantitative estimate of drug-likeness (QED) is 0.848. The topological polar surface area (TPSA) is 47.7 Å². The lowest BCUT2D eigenvalue weighted by Gasteiger charge is -2.29. The number of benzene rings is 1. The molecule has 0 saturated carbocycles. The number of morpholine rings is 1. The van der Waals surface area contributed by atoms with Crippen LogP contribution in [0.3, 0.4) is 0 Å². The monoisotopic (exact) mass is 236 g/mol. The minimum Gasteiger partial charge on any atom is -0.497 e. The predicted molar refractivity (Wildman–Crippen MR) is 67.2 cm³/mol. The van der Waals surface area contributed by atoms with Crippen molar-refractivity contribution in [3.05, 3.63) is 29.8 Å². The number of methoxy groups -OCH3 is 1. The maximum absolute atomic E-state index is 6.19. The summed E-state index contributed by atoms with van der Waals surface area (Å²) in [6, 6.07) is 8.02. The molecule has 0 aromatic heterocycles. The van der Waals surface area contributed by atoms with Gasteiger partial charge in [0, 0.05) is 25.7 Å². The van der Waals surface area contributed by atoms with Gasteiger partial charge in [0.2, 0.25) is 0 Å². The van der Waals surface area contributed by atoms with Crippen LogP contribution in [0.2, 0.25) is 0 Å². The van der Waals surface area contributed by atoms with Crippen molar-refractivity contribution in [2.24, 2.45) is 5.73 Å². The third kappa shape index (κ3) is 3.43. The smallest absolute Gasteiger partial charge is 0.118 e. The Bertz CT molecular complexity index is 334. The van der Waals surface area contributed by atoms with Crippen LogP contribution in [0, 0.1) is 0 Å². The van der Waals surface area contributed by atoms with E-state index >= 15 is 0 Å². The molecule has 1 fully saturated rings. The minimum absolute atomic E-state index is 0.0546. The molecular weight excluding hydrogens is 216 g/mol. The highest BCUT2D eigenvalue weighted by Gasteiger charge is 2.15. The molecule has 4 heteroatoms. The Balaban J connectivity index is 1.91. The summed E-state index contributed by atoms with van der Waals surface area (Å²) in [5.41, 5.74) is 7.34. The van der Waals surface area contributed by atoms with Crippen LogP contribution in [0.5, 0.6) is 5.75 Å². The first kappa shape index (κ1) is 12.4. The van der Waals surface area contributed by atoms with Crippen LogP contribution in [0.4, 0.5) is 0 Å². The summed E-state index contributed by atoms with van der Waals surface area (Å²) in [6.45, 7) is 4.47. The van der Waals surface area contributed by atoms with Crippen LogP contribution in [0.1, 0.15) is 11.6 Å². The van der Waals surface area contributed by atoms with Crippen molar-refractivity contribution in [1.82, 2.24) is 4.90 Å². The second kappa shape index (κ2) is 6.00. The molecule has 1 heterocycles. The summed E-state index contributed by atoms with van der Waals surface area (Å²) >= 11 is 0. The van der Waals surface area contributed by atoms with Crippen molar-refractivity contribution in [2.45, 2.75) is 6.04 Å². The number of rotatable bonds is 4. The molecule has 0 unspecified atom stereocenters. The van der Waals surface area contributed by atoms with E-state index in [1.807, 2.05) is 24.3 Å². The van der Waals surface area contributed by atoms with E-state index in [1.54, 1.807) is 7.11 Å². The van der Waals surface area contributed by atoms with Gasteiger partial charge < -0.3 is 15.2 Å². The Hall–Kier alpha value is -1.10. The summed E-state index contributed by atoms with van der Waals surface area (Å²) < 4.78 is 10.4. The lowest BCUT2D eigenvalue weighted by atomic mass is 10.1. The van der Waals surface area contributed by atoms with E-state index in [2.05, 4.69) is 4.90 Å². The van der Waals surface area contributed by atoms with Crippen LogP contribution in [0.25, 0.3) is 0 Å². The lowest BCUT2D eigenvalue weighted by Crippen LogP contribution is -2.40. The van der Waals surface area contributed by atoms with E-state index in [0.29, 0.717) is 0 Å². The summed E-state index contributed by atoms with van der Waals surface area (Å²) in [5, 5.41) is 0. The van der Waals surface area contributed by atoms with E-state index in [1.165, 1.54) is 0 Å². The zero-order chi connectivity index (χ0) is 12.1. The van der Waals surface area contributed by atoms with Gasteiger partial charge >= 0.3 is 0 Å². The van der Waals surface area contributed by atoms with Crippen molar-refractivity contribution in [2.75, 3.05) is 40.0 Å². The van der Waals surface area contributed by atoms with Crippen molar-refractivity contribution in [3.63, 3.8) is 0 Å². The molecule has 0 aliphatic carbocycles. The molecule has 1 aliphatic heterocycles. The zero-order valence-corrected chi connectivity index (χ0v) is 10.3. The number of nitrogens with two attached hydrogens (primary N) is 1. The first-order valence-electron chi connectivity index (χ1n) is 5.99. The maximum Gasteiger partial charge on any atom is 0.118 e.